The molecule has 0 aliphatic rings. The molecule has 0 unspecified atom stereocenters. The predicted molar refractivity (Wildman–Crippen MR) is 70.1 cm³/mol. The highest BCUT2D eigenvalue weighted by Crippen LogP contribution is 2.11. The van der Waals surface area contributed by atoms with E-state index in [0.717, 1.165) is 10.5 Å². The van der Waals surface area contributed by atoms with E-state index in [1.807, 2.05) is 26.0 Å². The van der Waals surface area contributed by atoms with E-state index in [-0.39, 0.29) is 5.91 Å². The second-order valence-corrected chi connectivity index (χ2v) is 4.34. The van der Waals surface area contributed by atoms with Crippen molar-refractivity contribution in [3.8, 4) is 0 Å². The van der Waals surface area contributed by atoms with E-state index in [0.29, 0.717) is 18.7 Å². The van der Waals surface area contributed by atoms with Crippen LogP contribution in [0, 0.1) is 0 Å². The maximum Gasteiger partial charge on any atom is 0.254 e. The summed E-state index contributed by atoms with van der Waals surface area (Å²) >= 11 is 4.19. The highest BCUT2D eigenvalue weighted by Gasteiger charge is 2.13. The van der Waals surface area contributed by atoms with Crippen molar-refractivity contribution in [3.63, 3.8) is 0 Å². The minimum absolute atomic E-state index is 0.0406. The summed E-state index contributed by atoms with van der Waals surface area (Å²) in [5.74, 6) is 0.0406. The lowest BCUT2D eigenvalue weighted by atomic mass is 10.2. The van der Waals surface area contributed by atoms with E-state index in [9.17, 15) is 4.79 Å². The Morgan fingerprint density at radius 2 is 1.94 bits per heavy atom. The Bertz CT molecular complexity index is 383. The van der Waals surface area contributed by atoms with E-state index >= 15 is 0 Å². The van der Waals surface area contributed by atoms with Gasteiger partial charge in [0.15, 0.2) is 0 Å². The molecule has 0 heterocycles. The van der Waals surface area contributed by atoms with Gasteiger partial charge in [0.25, 0.3) is 5.91 Å². The Morgan fingerprint density at radius 1 is 1.38 bits per heavy atom. The zero-order chi connectivity index (χ0) is 12.1. The molecular formula is C13H17NOS. The number of carbonyl (C=O) groups excluding carboxylic acids is 1. The molecule has 1 rings (SSSR count). The summed E-state index contributed by atoms with van der Waals surface area (Å²) in [5, 5.41) is 0. The number of hydrogen-bond donors (Lipinski definition) is 1. The first-order valence-corrected chi connectivity index (χ1v) is 5.72. The molecular weight excluding hydrogens is 218 g/mol. The minimum atomic E-state index is 0.0406. The van der Waals surface area contributed by atoms with Crippen molar-refractivity contribution in [1.29, 1.82) is 0 Å². The molecule has 1 aromatic rings. The van der Waals surface area contributed by atoms with E-state index in [1.165, 1.54) is 0 Å². The number of hydrogen-bond acceptors (Lipinski definition) is 2. The summed E-state index contributed by atoms with van der Waals surface area (Å²) in [6.45, 7) is 9.01. The first-order valence-electron chi connectivity index (χ1n) is 5.27. The maximum atomic E-state index is 12.1. The monoisotopic (exact) mass is 235 g/mol. The van der Waals surface area contributed by atoms with Crippen LogP contribution in [-0.2, 0) is 0 Å². The van der Waals surface area contributed by atoms with Crippen molar-refractivity contribution in [2.45, 2.75) is 18.7 Å². The molecule has 0 bridgehead atoms. The lowest BCUT2D eigenvalue weighted by molar-refractivity contribution is 0.0778. The van der Waals surface area contributed by atoms with Gasteiger partial charge in [0.1, 0.15) is 0 Å². The van der Waals surface area contributed by atoms with Crippen LogP contribution in [-0.4, -0.2) is 23.9 Å². The average molecular weight is 235 g/mol. The second kappa shape index (κ2) is 5.75. The molecule has 0 fully saturated rings. The molecule has 0 aromatic heterocycles. The molecule has 0 N–H and O–H groups in total. The molecule has 1 aromatic carbocycles. The molecule has 0 spiro atoms. The third-order valence-electron chi connectivity index (χ3n) is 2.24. The van der Waals surface area contributed by atoms with Gasteiger partial charge in [0, 0.05) is 23.5 Å². The van der Waals surface area contributed by atoms with Crippen LogP contribution in [0.3, 0.4) is 0 Å². The van der Waals surface area contributed by atoms with Crippen LogP contribution in [0.4, 0.5) is 0 Å². The molecule has 3 heteroatoms. The van der Waals surface area contributed by atoms with Crippen LogP contribution in [0.25, 0.3) is 0 Å². The number of carbonyl (C=O) groups is 1. The summed E-state index contributed by atoms with van der Waals surface area (Å²) in [4.78, 5) is 14.7. The van der Waals surface area contributed by atoms with Crippen LogP contribution in [0.1, 0.15) is 24.2 Å². The Labute approximate surface area is 102 Å². The third-order valence-corrected chi connectivity index (χ3v) is 2.54. The normalized spacial score (nSPS) is 9.94. The molecule has 0 saturated carbocycles. The largest absolute Gasteiger partial charge is 0.335 e. The maximum absolute atomic E-state index is 12.1. The van der Waals surface area contributed by atoms with Gasteiger partial charge in [-0.3, -0.25) is 4.79 Å². The van der Waals surface area contributed by atoms with Crippen LogP contribution in [0.15, 0.2) is 41.3 Å². The van der Waals surface area contributed by atoms with Crippen molar-refractivity contribution in [1.82, 2.24) is 4.90 Å². The molecule has 1 amide bonds. The summed E-state index contributed by atoms with van der Waals surface area (Å²) < 4.78 is 0. The SMILES string of the molecule is C=C(C)CN(CC)C(=O)c1ccc(S)cc1. The van der Waals surface area contributed by atoms with Crippen molar-refractivity contribution in [2.75, 3.05) is 13.1 Å². The Kier molecular flexibility index (Phi) is 4.62. The van der Waals surface area contributed by atoms with E-state index in [1.54, 1.807) is 17.0 Å². The Balaban J connectivity index is 2.82. The molecule has 0 radical (unpaired) electrons. The van der Waals surface area contributed by atoms with Gasteiger partial charge in [-0.2, -0.15) is 0 Å². The molecule has 0 atom stereocenters. The summed E-state index contributed by atoms with van der Waals surface area (Å²) in [5.41, 5.74) is 1.68. The number of benzene rings is 1. The fourth-order valence-electron chi connectivity index (χ4n) is 1.44. The molecule has 16 heavy (non-hydrogen) atoms. The van der Waals surface area contributed by atoms with Gasteiger partial charge in [-0.25, -0.2) is 0 Å². The minimum Gasteiger partial charge on any atom is -0.335 e. The van der Waals surface area contributed by atoms with Crippen molar-refractivity contribution in [2.24, 2.45) is 0 Å². The zero-order valence-electron chi connectivity index (χ0n) is 9.73. The fourth-order valence-corrected chi connectivity index (χ4v) is 1.59. The standard InChI is InChI=1S/C13H17NOS/c1-4-14(9-10(2)3)13(15)11-5-7-12(16)8-6-11/h5-8,16H,2,4,9H2,1,3H3. The molecule has 2 nitrogen and oxygen atoms in total. The van der Waals surface area contributed by atoms with Gasteiger partial charge in [-0.1, -0.05) is 12.2 Å². The van der Waals surface area contributed by atoms with Crippen LogP contribution < -0.4 is 0 Å². The highest BCUT2D eigenvalue weighted by molar-refractivity contribution is 7.80. The molecule has 86 valence electrons. The Morgan fingerprint density at radius 3 is 2.38 bits per heavy atom. The highest BCUT2D eigenvalue weighted by atomic mass is 32.1. The third kappa shape index (κ3) is 3.42. The quantitative estimate of drug-likeness (QED) is 0.628. The second-order valence-electron chi connectivity index (χ2n) is 3.82. The van der Waals surface area contributed by atoms with Gasteiger partial charge >= 0.3 is 0 Å². The lowest BCUT2D eigenvalue weighted by Crippen LogP contribution is -2.32. The van der Waals surface area contributed by atoms with Gasteiger partial charge in [0.2, 0.25) is 0 Å². The number of rotatable bonds is 4. The van der Waals surface area contributed by atoms with Crippen molar-refractivity contribution >= 4 is 18.5 Å². The molecule has 0 saturated heterocycles. The van der Waals surface area contributed by atoms with Crippen LogP contribution in [0.5, 0.6) is 0 Å². The van der Waals surface area contributed by atoms with E-state index < -0.39 is 0 Å². The van der Waals surface area contributed by atoms with Crippen LogP contribution >= 0.6 is 12.6 Å². The smallest absolute Gasteiger partial charge is 0.254 e. The van der Waals surface area contributed by atoms with E-state index in [2.05, 4.69) is 19.2 Å². The topological polar surface area (TPSA) is 20.3 Å². The number of thiol groups is 1. The summed E-state index contributed by atoms with van der Waals surface area (Å²) in [6.07, 6.45) is 0. The average Bonchev–Trinajstić information content (AvgIpc) is 2.25. The van der Waals surface area contributed by atoms with Crippen molar-refractivity contribution < 1.29 is 4.79 Å². The zero-order valence-corrected chi connectivity index (χ0v) is 10.6. The van der Waals surface area contributed by atoms with Crippen LogP contribution in [0.2, 0.25) is 0 Å². The van der Waals surface area contributed by atoms with Gasteiger partial charge in [-0.15, -0.1) is 12.6 Å². The van der Waals surface area contributed by atoms with E-state index in [4.69, 9.17) is 0 Å². The lowest BCUT2D eigenvalue weighted by Gasteiger charge is -2.21. The van der Waals surface area contributed by atoms with Gasteiger partial charge < -0.3 is 4.90 Å². The first-order chi connectivity index (χ1) is 7.54. The predicted octanol–water partition coefficient (Wildman–Crippen LogP) is 3.01. The summed E-state index contributed by atoms with van der Waals surface area (Å²) in [7, 11) is 0. The Hall–Kier alpha value is -1.22. The fraction of sp³-hybridized carbons (Fsp3) is 0.308. The van der Waals surface area contributed by atoms with Gasteiger partial charge in [-0.05, 0) is 38.1 Å². The van der Waals surface area contributed by atoms with Gasteiger partial charge in [0.05, 0.1) is 0 Å². The number of likely N-dealkylation sites (N-methyl/N-ethyl adjacent to an activating group) is 1. The number of nitrogens with zero attached hydrogens (tertiary/aromatic N) is 1. The first kappa shape index (κ1) is 12.8. The number of amides is 1. The molecule has 0 aliphatic carbocycles. The summed E-state index contributed by atoms with van der Waals surface area (Å²) in [6, 6.07) is 7.24. The molecule has 0 aliphatic heterocycles. The van der Waals surface area contributed by atoms with Crippen molar-refractivity contribution in [3.05, 3.63) is 42.0 Å².